The minimum absolute atomic E-state index is 0.0939. The third-order valence-corrected chi connectivity index (χ3v) is 5.67. The average Bonchev–Trinajstić information content (AvgIpc) is 2.68. The molecule has 0 aliphatic heterocycles. The molecule has 0 saturated carbocycles. The highest BCUT2D eigenvalue weighted by Crippen LogP contribution is 2.18. The fourth-order valence-electron chi connectivity index (χ4n) is 2.47. The van der Waals surface area contributed by atoms with Crippen LogP contribution in [0.25, 0.3) is 11.3 Å². The van der Waals surface area contributed by atoms with Gasteiger partial charge in [-0.1, -0.05) is 6.07 Å². The van der Waals surface area contributed by atoms with Gasteiger partial charge in [0.05, 0.1) is 10.6 Å². The van der Waals surface area contributed by atoms with E-state index in [1.165, 1.54) is 12.1 Å². The molecule has 0 fully saturated rings. The van der Waals surface area contributed by atoms with E-state index < -0.39 is 10.0 Å². The molecule has 1 heterocycles. The molecule has 0 saturated heterocycles. The van der Waals surface area contributed by atoms with Crippen LogP contribution in [-0.2, 0) is 10.0 Å². The first-order chi connectivity index (χ1) is 13.3. The van der Waals surface area contributed by atoms with Crippen molar-refractivity contribution in [1.29, 1.82) is 0 Å². The number of halogens is 1. The van der Waals surface area contributed by atoms with Crippen LogP contribution in [0.4, 0.5) is 4.39 Å². The van der Waals surface area contributed by atoms with Crippen molar-refractivity contribution < 1.29 is 17.5 Å². The normalized spacial score (nSPS) is 11.4. The van der Waals surface area contributed by atoms with Gasteiger partial charge in [-0.25, -0.2) is 17.5 Å². The molecule has 0 bridgehead atoms. The van der Waals surface area contributed by atoms with Crippen LogP contribution in [0.1, 0.15) is 11.1 Å². The minimum Gasteiger partial charge on any atom is -0.475 e. The number of aromatic nitrogens is 2. The lowest BCUT2D eigenvalue weighted by Crippen LogP contribution is -2.28. The molecule has 2 aromatic carbocycles. The summed E-state index contributed by atoms with van der Waals surface area (Å²) in [6.45, 7) is 3.99. The number of rotatable bonds is 7. The van der Waals surface area contributed by atoms with Crippen molar-refractivity contribution in [2.45, 2.75) is 18.7 Å². The van der Waals surface area contributed by atoms with E-state index in [1.807, 2.05) is 13.8 Å². The van der Waals surface area contributed by atoms with Crippen LogP contribution in [-0.4, -0.2) is 31.8 Å². The maximum absolute atomic E-state index is 13.0. The summed E-state index contributed by atoms with van der Waals surface area (Å²) in [5.41, 5.74) is 3.27. The number of nitrogens with one attached hydrogen (secondary N) is 1. The van der Waals surface area contributed by atoms with E-state index in [4.69, 9.17) is 4.74 Å². The molecule has 0 aliphatic carbocycles. The highest BCUT2D eigenvalue weighted by molar-refractivity contribution is 7.89. The number of benzene rings is 2. The molecule has 0 aliphatic rings. The number of hydrogen-bond acceptors (Lipinski definition) is 5. The molecule has 3 aromatic rings. The van der Waals surface area contributed by atoms with E-state index in [9.17, 15) is 12.8 Å². The minimum atomic E-state index is -3.60. The topological polar surface area (TPSA) is 81.2 Å². The predicted octanol–water partition coefficient (Wildman–Crippen LogP) is 3.26. The number of nitrogens with zero attached hydrogens (tertiary/aromatic N) is 2. The first-order valence-corrected chi connectivity index (χ1v) is 10.1. The third-order valence-electron chi connectivity index (χ3n) is 4.21. The Balaban J connectivity index is 1.53. The van der Waals surface area contributed by atoms with Crippen molar-refractivity contribution in [2.75, 3.05) is 13.2 Å². The SMILES string of the molecule is Cc1ccc(S(=O)(=O)NCCOc2ccc(-c3ccc(F)cc3)nn2)cc1C. The van der Waals surface area contributed by atoms with E-state index in [1.54, 1.807) is 42.5 Å². The molecule has 8 heteroatoms. The highest BCUT2D eigenvalue weighted by Gasteiger charge is 2.14. The van der Waals surface area contributed by atoms with Gasteiger partial charge in [0.25, 0.3) is 0 Å². The Kier molecular flexibility index (Phi) is 6.01. The van der Waals surface area contributed by atoms with Crippen molar-refractivity contribution in [1.82, 2.24) is 14.9 Å². The molecule has 1 N–H and O–H groups in total. The molecule has 0 radical (unpaired) electrons. The highest BCUT2D eigenvalue weighted by atomic mass is 32.2. The largest absolute Gasteiger partial charge is 0.475 e. The second kappa shape index (κ2) is 8.45. The first-order valence-electron chi connectivity index (χ1n) is 8.64. The van der Waals surface area contributed by atoms with Crippen LogP contribution in [0.3, 0.4) is 0 Å². The zero-order valence-electron chi connectivity index (χ0n) is 15.5. The molecular formula is C20H20FN3O3S. The van der Waals surface area contributed by atoms with Crippen molar-refractivity contribution in [2.24, 2.45) is 0 Å². The molecule has 0 atom stereocenters. The Bertz CT molecular complexity index is 1050. The summed E-state index contributed by atoms with van der Waals surface area (Å²) in [4.78, 5) is 0.221. The van der Waals surface area contributed by atoms with E-state index in [-0.39, 0.29) is 29.7 Å². The van der Waals surface area contributed by atoms with Crippen LogP contribution in [0.5, 0.6) is 5.88 Å². The Morgan fingerprint density at radius 1 is 0.964 bits per heavy atom. The lowest BCUT2D eigenvalue weighted by Gasteiger charge is -2.09. The lowest BCUT2D eigenvalue weighted by molar-refractivity contribution is 0.307. The Morgan fingerprint density at radius 2 is 1.71 bits per heavy atom. The molecule has 0 unspecified atom stereocenters. The van der Waals surface area contributed by atoms with Gasteiger partial charge in [-0.15, -0.1) is 10.2 Å². The van der Waals surface area contributed by atoms with Crippen LogP contribution in [0.2, 0.25) is 0 Å². The van der Waals surface area contributed by atoms with Crippen LogP contribution < -0.4 is 9.46 Å². The van der Waals surface area contributed by atoms with E-state index in [2.05, 4.69) is 14.9 Å². The maximum atomic E-state index is 13.0. The molecule has 6 nitrogen and oxygen atoms in total. The number of sulfonamides is 1. The van der Waals surface area contributed by atoms with Gasteiger partial charge < -0.3 is 4.74 Å². The van der Waals surface area contributed by atoms with Gasteiger partial charge in [0.2, 0.25) is 15.9 Å². The first kappa shape index (κ1) is 19.9. The van der Waals surface area contributed by atoms with E-state index in [0.717, 1.165) is 16.7 Å². The molecular weight excluding hydrogens is 381 g/mol. The quantitative estimate of drug-likeness (QED) is 0.615. The standard InChI is InChI=1S/C20H20FN3O3S/c1-14-3-8-18(13-15(14)2)28(25,26)22-11-12-27-20-10-9-19(23-24-20)16-4-6-17(21)7-5-16/h3-10,13,22H,11-12H2,1-2H3. The number of hydrogen-bond donors (Lipinski definition) is 1. The zero-order valence-corrected chi connectivity index (χ0v) is 16.3. The average molecular weight is 401 g/mol. The fourth-order valence-corrected chi connectivity index (χ4v) is 3.57. The van der Waals surface area contributed by atoms with Gasteiger partial charge >= 0.3 is 0 Å². The third kappa shape index (κ3) is 4.90. The summed E-state index contributed by atoms with van der Waals surface area (Å²) in [5, 5.41) is 7.98. The van der Waals surface area contributed by atoms with Crippen LogP contribution >= 0.6 is 0 Å². The zero-order chi connectivity index (χ0) is 20.1. The summed E-state index contributed by atoms with van der Waals surface area (Å²) < 4.78 is 45.5. The summed E-state index contributed by atoms with van der Waals surface area (Å²) in [6.07, 6.45) is 0. The maximum Gasteiger partial charge on any atom is 0.240 e. The summed E-state index contributed by atoms with van der Waals surface area (Å²) >= 11 is 0. The van der Waals surface area contributed by atoms with Crippen molar-refractivity contribution in [3.8, 4) is 17.1 Å². The van der Waals surface area contributed by atoms with Gasteiger partial charge in [0.1, 0.15) is 12.4 Å². The predicted molar refractivity (Wildman–Crippen MR) is 104 cm³/mol. The van der Waals surface area contributed by atoms with Crippen LogP contribution in [0.15, 0.2) is 59.5 Å². The lowest BCUT2D eigenvalue weighted by atomic mass is 10.1. The molecule has 3 rings (SSSR count). The monoisotopic (exact) mass is 401 g/mol. The Hall–Kier alpha value is -2.84. The number of ether oxygens (including phenoxy) is 1. The van der Waals surface area contributed by atoms with Gasteiger partial charge in [-0.2, -0.15) is 0 Å². The van der Waals surface area contributed by atoms with Gasteiger partial charge in [0, 0.05) is 18.2 Å². The Morgan fingerprint density at radius 3 is 2.36 bits per heavy atom. The van der Waals surface area contributed by atoms with Gasteiger partial charge in [-0.05, 0) is 67.4 Å². The summed E-state index contributed by atoms with van der Waals surface area (Å²) in [5.74, 6) is -0.0452. The van der Waals surface area contributed by atoms with Gasteiger partial charge in [-0.3, -0.25) is 0 Å². The number of aryl methyl sites for hydroxylation is 2. The molecule has 0 amide bonds. The molecule has 28 heavy (non-hydrogen) atoms. The van der Waals surface area contributed by atoms with E-state index >= 15 is 0 Å². The summed E-state index contributed by atoms with van der Waals surface area (Å²) in [6, 6.07) is 14.2. The van der Waals surface area contributed by atoms with Gasteiger partial charge in [0.15, 0.2) is 0 Å². The van der Waals surface area contributed by atoms with Crippen molar-refractivity contribution in [3.63, 3.8) is 0 Å². The second-order valence-corrected chi connectivity index (χ2v) is 8.02. The van der Waals surface area contributed by atoms with Crippen molar-refractivity contribution >= 4 is 10.0 Å². The van der Waals surface area contributed by atoms with Crippen LogP contribution in [0, 0.1) is 19.7 Å². The fraction of sp³-hybridized carbons (Fsp3) is 0.200. The summed E-state index contributed by atoms with van der Waals surface area (Å²) in [7, 11) is -3.60. The second-order valence-electron chi connectivity index (χ2n) is 6.26. The Labute approximate surface area is 163 Å². The smallest absolute Gasteiger partial charge is 0.240 e. The molecule has 146 valence electrons. The van der Waals surface area contributed by atoms with Crippen molar-refractivity contribution in [3.05, 3.63) is 71.5 Å². The molecule has 1 aromatic heterocycles. The van der Waals surface area contributed by atoms with E-state index in [0.29, 0.717) is 5.69 Å². The molecule has 0 spiro atoms.